The van der Waals surface area contributed by atoms with Crippen LogP contribution in [0, 0.1) is 0 Å². The summed E-state index contributed by atoms with van der Waals surface area (Å²) in [5.74, 6) is 0.0233. The fourth-order valence-corrected chi connectivity index (χ4v) is 0.603. The molecule has 2 N–H and O–H groups in total. The monoisotopic (exact) mass is 154 g/mol. The second-order valence-corrected chi connectivity index (χ2v) is 2.31. The minimum atomic E-state index is 0.0233. The van der Waals surface area contributed by atoms with Gasteiger partial charge in [-0.15, -0.1) is 0 Å². The van der Waals surface area contributed by atoms with E-state index in [9.17, 15) is 0 Å². The van der Waals surface area contributed by atoms with Crippen LogP contribution in [0.5, 0.6) is 0 Å². The Morgan fingerprint density at radius 2 is 1.91 bits per heavy atom. The van der Waals surface area contributed by atoms with Crippen molar-refractivity contribution in [1.29, 1.82) is 0 Å². The smallest absolute Gasteiger partial charge is 0.108 e. The second kappa shape index (κ2) is 5.74. The van der Waals surface area contributed by atoms with Gasteiger partial charge in [-0.1, -0.05) is 24.8 Å². The molecular weight excluding hydrogens is 140 g/mol. The van der Waals surface area contributed by atoms with Gasteiger partial charge in [0.25, 0.3) is 0 Å². The molecule has 0 saturated heterocycles. The van der Waals surface area contributed by atoms with Crippen molar-refractivity contribution in [2.24, 2.45) is 0 Å². The van der Waals surface area contributed by atoms with Crippen molar-refractivity contribution in [2.75, 3.05) is 6.61 Å². The van der Waals surface area contributed by atoms with Crippen molar-refractivity contribution in [3.8, 4) is 0 Å². The van der Waals surface area contributed by atoms with Crippen molar-refractivity contribution in [2.45, 2.75) is 12.8 Å². The summed E-state index contributed by atoms with van der Waals surface area (Å²) >= 11 is 0. The molecule has 0 bridgehead atoms. The Labute approximate surface area is 67.2 Å². The van der Waals surface area contributed by atoms with E-state index < -0.39 is 0 Å². The molecule has 0 amide bonds. The van der Waals surface area contributed by atoms with E-state index in [1.54, 1.807) is 6.08 Å². The van der Waals surface area contributed by atoms with Crippen molar-refractivity contribution in [3.63, 3.8) is 0 Å². The molecule has 0 heterocycles. The van der Waals surface area contributed by atoms with E-state index >= 15 is 0 Å². The Morgan fingerprint density at radius 3 is 2.36 bits per heavy atom. The highest BCUT2D eigenvalue weighted by atomic mass is 16.3. The molecule has 0 fully saturated rings. The van der Waals surface area contributed by atoms with E-state index in [2.05, 4.69) is 13.2 Å². The minimum Gasteiger partial charge on any atom is -0.509 e. The highest BCUT2D eigenvalue weighted by Crippen LogP contribution is 2.03. The molecule has 0 aromatic carbocycles. The molecule has 0 saturated carbocycles. The Hall–Kier alpha value is -1.02. The van der Waals surface area contributed by atoms with Crippen LogP contribution in [-0.2, 0) is 0 Å². The number of rotatable bonds is 5. The van der Waals surface area contributed by atoms with Crippen LogP contribution in [-0.4, -0.2) is 16.8 Å². The first-order valence-electron chi connectivity index (χ1n) is 3.51. The maximum Gasteiger partial charge on any atom is 0.108 e. The topological polar surface area (TPSA) is 40.5 Å². The first-order chi connectivity index (χ1) is 5.16. The van der Waals surface area contributed by atoms with Crippen LogP contribution < -0.4 is 0 Å². The normalized spacial score (nSPS) is 10.3. The molecule has 2 nitrogen and oxygen atoms in total. The summed E-state index contributed by atoms with van der Waals surface area (Å²) in [5.41, 5.74) is 0.884. The third kappa shape index (κ3) is 6.87. The Bertz CT molecular complexity index is 168. The predicted octanol–water partition coefficient (Wildman–Crippen LogP) is 1.94. The summed E-state index contributed by atoms with van der Waals surface area (Å²) in [6.07, 6.45) is 4.64. The number of aliphatic hydroxyl groups is 2. The molecule has 0 spiro atoms. The zero-order valence-electron chi connectivity index (χ0n) is 6.58. The number of allylic oxidation sites excluding steroid dienone is 3. The highest BCUT2D eigenvalue weighted by molar-refractivity contribution is 5.20. The zero-order chi connectivity index (χ0) is 8.69. The number of hydrogen-bond donors (Lipinski definition) is 2. The SMILES string of the molecule is C=C(O)/C=C\C(=C)CCCO. The molecule has 0 radical (unpaired) electrons. The van der Waals surface area contributed by atoms with Gasteiger partial charge in [0.05, 0.1) is 0 Å². The van der Waals surface area contributed by atoms with E-state index in [-0.39, 0.29) is 12.4 Å². The molecule has 11 heavy (non-hydrogen) atoms. The van der Waals surface area contributed by atoms with Gasteiger partial charge in [-0.05, 0) is 18.9 Å². The zero-order valence-corrected chi connectivity index (χ0v) is 6.58. The van der Waals surface area contributed by atoms with Crippen LogP contribution in [0.2, 0.25) is 0 Å². The van der Waals surface area contributed by atoms with E-state index in [4.69, 9.17) is 10.2 Å². The largest absolute Gasteiger partial charge is 0.509 e. The molecule has 0 aliphatic carbocycles. The van der Waals surface area contributed by atoms with Crippen LogP contribution in [0.4, 0.5) is 0 Å². The molecule has 0 rings (SSSR count). The molecule has 0 atom stereocenters. The average molecular weight is 154 g/mol. The first-order valence-corrected chi connectivity index (χ1v) is 3.51. The van der Waals surface area contributed by atoms with Crippen LogP contribution in [0.1, 0.15) is 12.8 Å². The van der Waals surface area contributed by atoms with Crippen molar-refractivity contribution >= 4 is 0 Å². The average Bonchev–Trinajstić information content (AvgIpc) is 1.97. The fourth-order valence-electron chi connectivity index (χ4n) is 0.603. The van der Waals surface area contributed by atoms with Crippen LogP contribution in [0.25, 0.3) is 0 Å². The second-order valence-electron chi connectivity index (χ2n) is 2.31. The van der Waals surface area contributed by atoms with Gasteiger partial charge in [0, 0.05) is 6.61 Å². The van der Waals surface area contributed by atoms with Gasteiger partial charge in [0.2, 0.25) is 0 Å². The van der Waals surface area contributed by atoms with Crippen LogP contribution in [0.3, 0.4) is 0 Å². The van der Waals surface area contributed by atoms with Crippen molar-refractivity contribution < 1.29 is 10.2 Å². The molecule has 0 aromatic rings. The van der Waals surface area contributed by atoms with Gasteiger partial charge < -0.3 is 10.2 Å². The van der Waals surface area contributed by atoms with Gasteiger partial charge in [-0.3, -0.25) is 0 Å². The summed E-state index contributed by atoms with van der Waals surface area (Å²) in [4.78, 5) is 0. The lowest BCUT2D eigenvalue weighted by atomic mass is 10.1. The third-order valence-corrected chi connectivity index (χ3v) is 1.17. The van der Waals surface area contributed by atoms with Crippen LogP contribution in [0.15, 0.2) is 36.6 Å². The maximum atomic E-state index is 8.65. The summed E-state index contributed by atoms with van der Waals surface area (Å²) < 4.78 is 0. The summed E-state index contributed by atoms with van der Waals surface area (Å²) in [6, 6.07) is 0. The number of hydrogen-bond acceptors (Lipinski definition) is 2. The van der Waals surface area contributed by atoms with Gasteiger partial charge in [0.1, 0.15) is 5.76 Å². The standard InChI is InChI=1S/C9H14O2/c1-8(4-3-7-10)5-6-9(2)11/h5-6,10-11H,1-4,7H2/b6-5-. The lowest BCUT2D eigenvalue weighted by Crippen LogP contribution is -1.83. The molecule has 0 unspecified atom stereocenters. The fraction of sp³-hybridized carbons (Fsp3) is 0.333. The van der Waals surface area contributed by atoms with E-state index in [0.29, 0.717) is 6.42 Å². The van der Waals surface area contributed by atoms with Crippen molar-refractivity contribution in [3.05, 3.63) is 36.6 Å². The molecule has 2 heteroatoms. The molecular formula is C9H14O2. The maximum absolute atomic E-state index is 8.65. The summed E-state index contributed by atoms with van der Waals surface area (Å²) in [7, 11) is 0. The molecule has 62 valence electrons. The first kappa shape index (κ1) is 9.98. The molecule has 0 aliphatic rings. The Kier molecular flexibility index (Phi) is 5.21. The van der Waals surface area contributed by atoms with E-state index in [0.717, 1.165) is 12.0 Å². The number of aliphatic hydroxyl groups excluding tert-OH is 2. The van der Waals surface area contributed by atoms with Gasteiger partial charge >= 0.3 is 0 Å². The van der Waals surface area contributed by atoms with Gasteiger partial charge in [0.15, 0.2) is 0 Å². The summed E-state index contributed by atoms with van der Waals surface area (Å²) in [6.45, 7) is 7.17. The Morgan fingerprint density at radius 1 is 1.27 bits per heavy atom. The molecule has 0 aliphatic heterocycles. The quantitative estimate of drug-likeness (QED) is 0.469. The summed E-state index contributed by atoms with van der Waals surface area (Å²) in [5, 5.41) is 17.1. The predicted molar refractivity (Wildman–Crippen MR) is 46.4 cm³/mol. The molecule has 0 aromatic heterocycles. The van der Waals surface area contributed by atoms with E-state index in [1.165, 1.54) is 6.08 Å². The minimum absolute atomic E-state index is 0.0233. The lowest BCUT2D eigenvalue weighted by Gasteiger charge is -1.95. The Balaban J connectivity index is 3.60. The van der Waals surface area contributed by atoms with E-state index in [1.807, 2.05) is 0 Å². The van der Waals surface area contributed by atoms with Crippen molar-refractivity contribution in [1.82, 2.24) is 0 Å². The van der Waals surface area contributed by atoms with Gasteiger partial charge in [-0.25, -0.2) is 0 Å². The lowest BCUT2D eigenvalue weighted by molar-refractivity contribution is 0.289. The van der Waals surface area contributed by atoms with Gasteiger partial charge in [-0.2, -0.15) is 0 Å². The van der Waals surface area contributed by atoms with Crippen LogP contribution >= 0.6 is 0 Å². The third-order valence-electron chi connectivity index (χ3n) is 1.17. The highest BCUT2D eigenvalue weighted by Gasteiger charge is 1.87.